The first-order valence-corrected chi connectivity index (χ1v) is 7.44. The van der Waals surface area contributed by atoms with E-state index >= 15 is 0 Å². The molecule has 0 saturated heterocycles. The molecule has 0 spiro atoms. The molecule has 1 aromatic heterocycles. The van der Waals surface area contributed by atoms with E-state index in [1.54, 1.807) is 0 Å². The summed E-state index contributed by atoms with van der Waals surface area (Å²) < 4.78 is 78.2. The van der Waals surface area contributed by atoms with Gasteiger partial charge < -0.3 is 5.32 Å². The zero-order valence-electron chi connectivity index (χ0n) is 12.8. The van der Waals surface area contributed by atoms with Crippen LogP contribution in [0.15, 0.2) is 12.3 Å². The van der Waals surface area contributed by atoms with Gasteiger partial charge in [-0.1, -0.05) is 12.8 Å². The van der Waals surface area contributed by atoms with Crippen molar-refractivity contribution in [1.29, 1.82) is 0 Å². The molecule has 1 aliphatic rings. The Bertz CT molecular complexity index is 586. The lowest BCUT2D eigenvalue weighted by molar-refractivity contribution is -0.220. The summed E-state index contributed by atoms with van der Waals surface area (Å²) in [7, 11) is 0. The molecule has 0 bridgehead atoms. The summed E-state index contributed by atoms with van der Waals surface area (Å²) in [5, 5.41) is 5.58. The second-order valence-corrected chi connectivity index (χ2v) is 6.08. The molecule has 1 atom stereocenters. The smallest absolute Gasteiger partial charge is 0.351 e. The third-order valence-electron chi connectivity index (χ3n) is 4.20. The molecule has 1 N–H and O–H groups in total. The molecular formula is C14H17F6N3O. The molecule has 2 rings (SSSR count). The molecule has 1 heterocycles. The van der Waals surface area contributed by atoms with Crippen molar-refractivity contribution in [2.24, 2.45) is 5.41 Å². The maximum absolute atomic E-state index is 13.3. The molecule has 0 radical (unpaired) electrons. The number of halogens is 6. The van der Waals surface area contributed by atoms with Gasteiger partial charge in [0.05, 0.1) is 6.54 Å². The van der Waals surface area contributed by atoms with E-state index in [-0.39, 0.29) is 19.4 Å². The molecule has 1 aromatic rings. The fraction of sp³-hybridized carbons (Fsp3) is 0.714. The van der Waals surface area contributed by atoms with Gasteiger partial charge in [-0.15, -0.1) is 0 Å². The van der Waals surface area contributed by atoms with Crippen LogP contribution in [0.4, 0.5) is 26.3 Å². The Morgan fingerprint density at radius 2 is 1.88 bits per heavy atom. The Labute approximate surface area is 134 Å². The van der Waals surface area contributed by atoms with Gasteiger partial charge in [0.2, 0.25) is 5.91 Å². The van der Waals surface area contributed by atoms with Crippen LogP contribution in [0.25, 0.3) is 0 Å². The minimum atomic E-state index is -4.65. The van der Waals surface area contributed by atoms with Gasteiger partial charge in [-0.2, -0.15) is 31.4 Å². The number of hydrogen-bond donors (Lipinski definition) is 1. The van der Waals surface area contributed by atoms with Gasteiger partial charge >= 0.3 is 12.4 Å². The number of alkyl halides is 6. The minimum absolute atomic E-state index is 0.157. The van der Waals surface area contributed by atoms with Gasteiger partial charge in [0.1, 0.15) is 5.41 Å². The molecule has 4 nitrogen and oxygen atoms in total. The normalized spacial score (nSPS) is 19.3. The number of nitrogens with one attached hydrogen (secondary N) is 1. The van der Waals surface area contributed by atoms with E-state index in [9.17, 15) is 31.1 Å². The Morgan fingerprint density at radius 1 is 1.29 bits per heavy atom. The largest absolute Gasteiger partial charge is 0.435 e. The molecule has 10 heteroatoms. The topological polar surface area (TPSA) is 46.9 Å². The van der Waals surface area contributed by atoms with Crippen LogP contribution in [-0.4, -0.2) is 27.9 Å². The van der Waals surface area contributed by atoms with Crippen LogP contribution in [0.1, 0.15) is 38.3 Å². The van der Waals surface area contributed by atoms with Gasteiger partial charge in [0.15, 0.2) is 5.69 Å². The predicted octanol–water partition coefficient (Wildman–Crippen LogP) is 3.53. The van der Waals surface area contributed by atoms with Crippen molar-refractivity contribution in [3.05, 3.63) is 18.0 Å². The average molecular weight is 357 g/mol. The van der Waals surface area contributed by atoms with Crippen LogP contribution in [0.3, 0.4) is 0 Å². The Hall–Kier alpha value is -1.74. The van der Waals surface area contributed by atoms with Crippen molar-refractivity contribution in [2.75, 3.05) is 0 Å². The number of aromatic nitrogens is 2. The van der Waals surface area contributed by atoms with Gasteiger partial charge in [0.25, 0.3) is 0 Å². The van der Waals surface area contributed by atoms with E-state index in [1.807, 2.05) is 0 Å². The highest BCUT2D eigenvalue weighted by Crippen LogP contribution is 2.50. The van der Waals surface area contributed by atoms with Crippen LogP contribution in [0, 0.1) is 5.41 Å². The zero-order chi connectivity index (χ0) is 18.2. The zero-order valence-corrected chi connectivity index (χ0v) is 12.8. The lowest BCUT2D eigenvalue weighted by atomic mass is 9.84. The van der Waals surface area contributed by atoms with E-state index in [1.165, 1.54) is 6.92 Å². The lowest BCUT2D eigenvalue weighted by Crippen LogP contribution is -2.52. The van der Waals surface area contributed by atoms with Gasteiger partial charge in [-0.3, -0.25) is 9.48 Å². The van der Waals surface area contributed by atoms with Gasteiger partial charge in [-0.05, 0) is 25.8 Å². The molecule has 1 saturated carbocycles. The standard InChI is InChI=1S/C14H17F6N3O/c1-9(8-23-7-4-10(22-23)13(15,16)17)21-11(24)12(14(18,19)20)5-2-3-6-12/h4,7,9H,2-3,5-6,8H2,1H3,(H,21,24). The highest BCUT2D eigenvalue weighted by Gasteiger charge is 2.61. The first-order valence-electron chi connectivity index (χ1n) is 7.44. The van der Waals surface area contributed by atoms with Crippen LogP contribution >= 0.6 is 0 Å². The number of rotatable bonds is 4. The first-order chi connectivity index (χ1) is 11.0. The molecular weight excluding hydrogens is 340 g/mol. The Kier molecular flexibility index (Phi) is 4.87. The number of hydrogen-bond acceptors (Lipinski definition) is 2. The fourth-order valence-electron chi connectivity index (χ4n) is 2.92. The van der Waals surface area contributed by atoms with E-state index < -0.39 is 35.4 Å². The summed E-state index contributed by atoms with van der Waals surface area (Å²) in [4.78, 5) is 12.1. The lowest BCUT2D eigenvalue weighted by Gasteiger charge is -2.31. The van der Waals surface area contributed by atoms with Crippen LogP contribution in [0.2, 0.25) is 0 Å². The monoisotopic (exact) mass is 357 g/mol. The van der Waals surface area contributed by atoms with Crippen molar-refractivity contribution in [3.8, 4) is 0 Å². The molecule has 1 amide bonds. The second kappa shape index (κ2) is 6.29. The van der Waals surface area contributed by atoms with E-state index in [2.05, 4.69) is 10.4 Å². The number of carbonyl (C=O) groups is 1. The third-order valence-corrected chi connectivity index (χ3v) is 4.20. The first kappa shape index (κ1) is 18.6. The number of amides is 1. The third kappa shape index (κ3) is 3.67. The summed E-state index contributed by atoms with van der Waals surface area (Å²) in [6.45, 7) is 1.27. The summed E-state index contributed by atoms with van der Waals surface area (Å²) in [5.41, 5.74) is -3.49. The average Bonchev–Trinajstić information content (AvgIpc) is 3.05. The van der Waals surface area contributed by atoms with Crippen molar-refractivity contribution >= 4 is 5.91 Å². The van der Waals surface area contributed by atoms with Crippen molar-refractivity contribution < 1.29 is 31.1 Å². The van der Waals surface area contributed by atoms with Crippen molar-refractivity contribution in [1.82, 2.24) is 15.1 Å². The summed E-state index contributed by atoms with van der Waals surface area (Å²) >= 11 is 0. The van der Waals surface area contributed by atoms with E-state index in [0.29, 0.717) is 12.8 Å². The summed E-state index contributed by atoms with van der Waals surface area (Å²) in [6.07, 6.45) is -8.08. The number of nitrogens with zero attached hydrogens (tertiary/aromatic N) is 2. The number of carbonyl (C=O) groups excluding carboxylic acids is 1. The fourth-order valence-corrected chi connectivity index (χ4v) is 2.92. The molecule has 0 aromatic carbocycles. The SMILES string of the molecule is CC(Cn1ccc(C(F)(F)F)n1)NC(=O)C1(C(F)(F)F)CCCC1. The summed E-state index contributed by atoms with van der Waals surface area (Å²) in [5.74, 6) is -1.12. The van der Waals surface area contributed by atoms with Crippen LogP contribution in [0.5, 0.6) is 0 Å². The van der Waals surface area contributed by atoms with E-state index in [4.69, 9.17) is 0 Å². The van der Waals surface area contributed by atoms with Crippen LogP contribution < -0.4 is 5.32 Å². The van der Waals surface area contributed by atoms with Gasteiger partial charge in [0, 0.05) is 12.2 Å². The minimum Gasteiger partial charge on any atom is -0.351 e. The van der Waals surface area contributed by atoms with Crippen molar-refractivity contribution in [2.45, 2.75) is 57.5 Å². The predicted molar refractivity (Wildman–Crippen MR) is 71.8 cm³/mol. The highest BCUT2D eigenvalue weighted by atomic mass is 19.4. The molecule has 1 fully saturated rings. The quantitative estimate of drug-likeness (QED) is 0.838. The summed E-state index contributed by atoms with van der Waals surface area (Å²) in [6, 6.07) is -0.0266. The molecule has 0 aliphatic heterocycles. The molecule has 136 valence electrons. The maximum atomic E-state index is 13.3. The molecule has 1 aliphatic carbocycles. The highest BCUT2D eigenvalue weighted by molar-refractivity contribution is 5.84. The Balaban J connectivity index is 2.02. The van der Waals surface area contributed by atoms with E-state index in [0.717, 1.165) is 16.9 Å². The maximum Gasteiger partial charge on any atom is 0.435 e. The van der Waals surface area contributed by atoms with Crippen molar-refractivity contribution in [3.63, 3.8) is 0 Å². The second-order valence-electron chi connectivity index (χ2n) is 6.08. The molecule has 1 unspecified atom stereocenters. The molecule has 24 heavy (non-hydrogen) atoms. The Morgan fingerprint density at radius 3 is 2.33 bits per heavy atom. The van der Waals surface area contributed by atoms with Gasteiger partial charge in [-0.25, -0.2) is 0 Å². The van der Waals surface area contributed by atoms with Crippen LogP contribution in [-0.2, 0) is 17.5 Å².